The predicted molar refractivity (Wildman–Crippen MR) is 63.1 cm³/mol. The van der Waals surface area contributed by atoms with E-state index >= 15 is 0 Å². The molecule has 14 heavy (non-hydrogen) atoms. The monoisotopic (exact) mass is 328 g/mol. The van der Waals surface area contributed by atoms with Crippen LogP contribution < -0.4 is 0 Å². The van der Waals surface area contributed by atoms with E-state index < -0.39 is 0 Å². The molecule has 0 N–H and O–H groups in total. The van der Waals surface area contributed by atoms with Crippen LogP contribution in [0.2, 0.25) is 14.9 Å². The van der Waals surface area contributed by atoms with Crippen molar-refractivity contribution < 1.29 is 4.79 Å². The second-order valence-electron chi connectivity index (χ2n) is 4.18. The SMILES string of the molecule is C[Se]C(C)([Se]C)[C@@H]1CCCC(=O)[C@@H]1C. The maximum atomic E-state index is 11.7. The molecule has 0 radical (unpaired) electrons. The maximum absolute atomic E-state index is 11.7. The molecule has 1 saturated carbocycles. The molecule has 82 valence electrons. The molecule has 2 atom stereocenters. The summed E-state index contributed by atoms with van der Waals surface area (Å²) in [5.74, 6) is 6.20. The van der Waals surface area contributed by atoms with E-state index in [-0.39, 0.29) is 0 Å². The van der Waals surface area contributed by atoms with Gasteiger partial charge in [-0.05, 0) is 0 Å². The number of rotatable bonds is 3. The Morgan fingerprint density at radius 3 is 2.43 bits per heavy atom. The third-order valence-corrected chi connectivity index (χ3v) is 11.8. The van der Waals surface area contributed by atoms with Crippen molar-refractivity contribution in [2.24, 2.45) is 11.8 Å². The summed E-state index contributed by atoms with van der Waals surface area (Å²) in [6, 6.07) is 0. The fraction of sp³-hybridized carbons (Fsp3) is 0.909. The van der Waals surface area contributed by atoms with E-state index in [0.717, 1.165) is 12.8 Å². The van der Waals surface area contributed by atoms with Gasteiger partial charge in [0.25, 0.3) is 0 Å². The van der Waals surface area contributed by atoms with Crippen molar-refractivity contribution in [3.05, 3.63) is 0 Å². The second kappa shape index (κ2) is 5.16. The average molecular weight is 326 g/mol. The molecule has 0 heterocycles. The molecule has 0 aromatic heterocycles. The Bertz CT molecular complexity index is 211. The summed E-state index contributed by atoms with van der Waals surface area (Å²) in [4.78, 5) is 11.7. The summed E-state index contributed by atoms with van der Waals surface area (Å²) in [7, 11) is 0. The Morgan fingerprint density at radius 1 is 1.36 bits per heavy atom. The molecular formula is C11H20OSe2. The van der Waals surface area contributed by atoms with Gasteiger partial charge in [-0.1, -0.05) is 0 Å². The van der Waals surface area contributed by atoms with E-state index in [9.17, 15) is 4.79 Å². The van der Waals surface area contributed by atoms with Crippen molar-refractivity contribution in [2.75, 3.05) is 0 Å². The van der Waals surface area contributed by atoms with Gasteiger partial charge in [0.1, 0.15) is 0 Å². The van der Waals surface area contributed by atoms with Crippen LogP contribution in [0.3, 0.4) is 0 Å². The zero-order valence-electron chi connectivity index (χ0n) is 9.50. The predicted octanol–water partition coefficient (Wildman–Crippen LogP) is 2.63. The van der Waals surface area contributed by atoms with E-state index in [1.54, 1.807) is 0 Å². The molecule has 0 unspecified atom stereocenters. The summed E-state index contributed by atoms with van der Waals surface area (Å²) < 4.78 is 0.509. The normalized spacial score (nSPS) is 29.3. The van der Waals surface area contributed by atoms with Gasteiger partial charge < -0.3 is 0 Å². The number of carbonyl (C=O) groups excluding carboxylic acids is 1. The van der Waals surface area contributed by atoms with Crippen molar-refractivity contribution in [3.8, 4) is 0 Å². The van der Waals surface area contributed by atoms with Gasteiger partial charge >= 0.3 is 100 Å². The Morgan fingerprint density at radius 2 is 1.93 bits per heavy atom. The van der Waals surface area contributed by atoms with Crippen LogP contribution in [-0.2, 0) is 4.79 Å². The van der Waals surface area contributed by atoms with Gasteiger partial charge in [-0.2, -0.15) is 0 Å². The molecule has 0 aromatic carbocycles. The third-order valence-electron chi connectivity index (χ3n) is 3.53. The van der Waals surface area contributed by atoms with E-state index in [4.69, 9.17) is 0 Å². The second-order valence-corrected chi connectivity index (χ2v) is 10.8. The fourth-order valence-electron chi connectivity index (χ4n) is 2.30. The molecule has 0 saturated heterocycles. The minimum atomic E-state index is 0.331. The molecule has 0 amide bonds. The van der Waals surface area contributed by atoms with Crippen molar-refractivity contribution >= 4 is 35.7 Å². The van der Waals surface area contributed by atoms with Crippen molar-refractivity contribution in [3.63, 3.8) is 0 Å². The number of hydrogen-bond acceptors (Lipinski definition) is 1. The summed E-state index contributed by atoms with van der Waals surface area (Å²) in [5.41, 5.74) is 0. The topological polar surface area (TPSA) is 17.1 Å². The first-order valence-corrected chi connectivity index (χ1v) is 10.3. The Labute approximate surface area is 100 Å². The molecule has 0 spiro atoms. The molecule has 1 rings (SSSR count). The molecule has 3 heteroatoms. The quantitative estimate of drug-likeness (QED) is 0.729. The van der Waals surface area contributed by atoms with Gasteiger partial charge in [0.2, 0.25) is 0 Å². The van der Waals surface area contributed by atoms with E-state index in [1.807, 2.05) is 0 Å². The zero-order chi connectivity index (χ0) is 10.8. The summed E-state index contributed by atoms with van der Waals surface area (Å²) in [6.45, 7) is 4.56. The van der Waals surface area contributed by atoms with E-state index in [2.05, 4.69) is 25.5 Å². The Hall–Kier alpha value is 0.709. The van der Waals surface area contributed by atoms with E-state index in [0.29, 0.717) is 50.7 Å². The zero-order valence-corrected chi connectivity index (χ0v) is 12.9. The molecule has 0 aliphatic heterocycles. The van der Waals surface area contributed by atoms with Gasteiger partial charge in [0.15, 0.2) is 0 Å². The molecule has 1 nitrogen and oxygen atoms in total. The first-order valence-electron chi connectivity index (χ1n) is 5.18. The first kappa shape index (κ1) is 12.8. The average Bonchev–Trinajstić information content (AvgIpc) is 2.21. The summed E-state index contributed by atoms with van der Waals surface area (Å²) >= 11 is 1.36. The van der Waals surface area contributed by atoms with Crippen LogP contribution >= 0.6 is 0 Å². The Balaban J connectivity index is 2.79. The van der Waals surface area contributed by atoms with Crippen molar-refractivity contribution in [1.82, 2.24) is 0 Å². The molecule has 0 aromatic rings. The molecule has 0 bridgehead atoms. The number of ketones is 1. The minimum absolute atomic E-state index is 0.331. The van der Waals surface area contributed by atoms with Crippen LogP contribution in [0.15, 0.2) is 0 Å². The van der Waals surface area contributed by atoms with Crippen LogP contribution in [0.5, 0.6) is 0 Å². The molecule has 1 fully saturated rings. The number of Topliss-reactive ketones (excluding diaryl/α,β-unsaturated/α-hetero) is 1. The summed E-state index contributed by atoms with van der Waals surface area (Å²) in [5, 5.41) is 0. The van der Waals surface area contributed by atoms with Gasteiger partial charge in [-0.25, -0.2) is 0 Å². The third kappa shape index (κ3) is 2.44. The van der Waals surface area contributed by atoms with Crippen LogP contribution in [0.25, 0.3) is 0 Å². The van der Waals surface area contributed by atoms with Crippen LogP contribution in [0.1, 0.15) is 33.1 Å². The standard InChI is InChI=1S/C11H20OSe2/c1-8-9(6-5-7-10(8)12)11(2,13-3)14-4/h8-9H,5-7H2,1-4H3/t8-,9-/m1/s1. The van der Waals surface area contributed by atoms with Crippen LogP contribution in [0, 0.1) is 11.8 Å². The van der Waals surface area contributed by atoms with Gasteiger partial charge in [-0.3, -0.25) is 0 Å². The van der Waals surface area contributed by atoms with Gasteiger partial charge in [0, 0.05) is 0 Å². The van der Waals surface area contributed by atoms with Gasteiger partial charge in [0.05, 0.1) is 0 Å². The summed E-state index contributed by atoms with van der Waals surface area (Å²) in [6.07, 6.45) is 3.26. The fourth-order valence-corrected chi connectivity index (χ4v) is 7.09. The Kier molecular flexibility index (Phi) is 4.71. The number of hydrogen-bond donors (Lipinski definition) is 0. The number of carbonyl (C=O) groups is 1. The van der Waals surface area contributed by atoms with Gasteiger partial charge in [-0.15, -0.1) is 0 Å². The van der Waals surface area contributed by atoms with E-state index in [1.165, 1.54) is 6.42 Å². The molecular weight excluding hydrogens is 306 g/mol. The van der Waals surface area contributed by atoms with Crippen LogP contribution in [-0.4, -0.2) is 35.7 Å². The van der Waals surface area contributed by atoms with Crippen LogP contribution in [0.4, 0.5) is 0 Å². The first-order chi connectivity index (χ1) is 6.55. The van der Waals surface area contributed by atoms with Crippen molar-refractivity contribution in [2.45, 2.75) is 48.0 Å². The van der Waals surface area contributed by atoms with Crippen molar-refractivity contribution in [1.29, 1.82) is 0 Å². The molecule has 1 aliphatic rings. The molecule has 1 aliphatic carbocycles.